The first-order chi connectivity index (χ1) is 12.8. The number of nitrogens with zero attached hydrogens (tertiary/aromatic N) is 5. The van der Waals surface area contributed by atoms with Crippen LogP contribution in [0.2, 0.25) is 0 Å². The molecule has 0 bridgehead atoms. The smallest absolute Gasteiger partial charge is 0.332 e. The Hall–Kier alpha value is -3.14. The highest BCUT2D eigenvalue weighted by molar-refractivity contribution is 9.10. The van der Waals surface area contributed by atoms with Crippen LogP contribution >= 0.6 is 15.9 Å². The number of fused-ring (bicyclic) bond motifs is 1. The van der Waals surface area contributed by atoms with Crippen molar-refractivity contribution in [2.45, 2.75) is 6.54 Å². The van der Waals surface area contributed by atoms with Crippen LogP contribution in [0.5, 0.6) is 5.75 Å². The van der Waals surface area contributed by atoms with Gasteiger partial charge in [-0.15, -0.1) is 6.58 Å². The molecule has 3 aromatic rings. The average Bonchev–Trinajstić information content (AvgIpc) is 2.97. The predicted molar refractivity (Wildman–Crippen MR) is 107 cm³/mol. The number of phenolic OH excluding ortho intramolecular Hbond substituents is 1. The summed E-state index contributed by atoms with van der Waals surface area (Å²) >= 11 is 3.32. The van der Waals surface area contributed by atoms with Gasteiger partial charge >= 0.3 is 5.69 Å². The zero-order chi connectivity index (χ0) is 19.7. The molecule has 2 aromatic heterocycles. The van der Waals surface area contributed by atoms with Crippen LogP contribution in [-0.2, 0) is 20.6 Å². The molecule has 2 heterocycles. The fraction of sp³-hybridized carbons (Fsp3) is 0.176. The van der Waals surface area contributed by atoms with Gasteiger partial charge in [0.15, 0.2) is 11.2 Å². The molecule has 0 unspecified atom stereocenters. The molecule has 0 atom stereocenters. The van der Waals surface area contributed by atoms with E-state index < -0.39 is 11.2 Å². The third-order valence-corrected chi connectivity index (χ3v) is 4.52. The second kappa shape index (κ2) is 7.23. The van der Waals surface area contributed by atoms with Crippen molar-refractivity contribution in [1.29, 1.82) is 0 Å². The fourth-order valence-electron chi connectivity index (χ4n) is 2.62. The molecule has 0 aliphatic rings. The maximum Gasteiger partial charge on any atom is 0.332 e. The van der Waals surface area contributed by atoms with Crippen LogP contribution in [0.25, 0.3) is 11.2 Å². The van der Waals surface area contributed by atoms with Crippen LogP contribution in [-0.4, -0.2) is 30.0 Å². The van der Waals surface area contributed by atoms with Crippen LogP contribution in [0.1, 0.15) is 5.56 Å². The number of nitrogens with one attached hydrogen (secondary N) is 1. The van der Waals surface area contributed by atoms with E-state index in [2.05, 4.69) is 38.0 Å². The largest absolute Gasteiger partial charge is 0.507 e. The summed E-state index contributed by atoms with van der Waals surface area (Å²) in [6, 6.07) is 4.95. The van der Waals surface area contributed by atoms with Crippen LogP contribution < -0.4 is 16.7 Å². The van der Waals surface area contributed by atoms with Gasteiger partial charge in [-0.2, -0.15) is 10.1 Å². The number of imidazole rings is 1. The molecule has 0 fully saturated rings. The molecule has 0 saturated carbocycles. The standard InChI is InChI=1S/C17H17BrN6O3/c1-4-7-24-15(26)13-14(23(3)17(24)27)20-16(22(13)2)21-19-9-10-8-11(18)5-6-12(10)25/h4-6,8-9,25H,1,7H2,2-3H3,(H,20,21). The van der Waals surface area contributed by atoms with E-state index >= 15 is 0 Å². The molecule has 2 N–H and O–H groups in total. The summed E-state index contributed by atoms with van der Waals surface area (Å²) in [6.45, 7) is 3.68. The summed E-state index contributed by atoms with van der Waals surface area (Å²) in [4.78, 5) is 29.3. The van der Waals surface area contributed by atoms with E-state index in [1.165, 1.54) is 21.4 Å². The number of phenols is 1. The second-order valence-electron chi connectivity index (χ2n) is 5.79. The molecule has 0 amide bonds. The van der Waals surface area contributed by atoms with Gasteiger partial charge in [-0.05, 0) is 18.2 Å². The summed E-state index contributed by atoms with van der Waals surface area (Å²) < 4.78 is 4.70. The van der Waals surface area contributed by atoms with Gasteiger partial charge in [0.2, 0.25) is 5.95 Å². The van der Waals surface area contributed by atoms with E-state index in [1.54, 1.807) is 32.3 Å². The van der Waals surface area contributed by atoms with E-state index in [0.717, 1.165) is 9.04 Å². The molecule has 0 spiro atoms. The average molecular weight is 433 g/mol. The first-order valence-corrected chi connectivity index (χ1v) is 8.69. The SMILES string of the molecule is C=CCn1c(=O)c2c(nc(NN=Cc3cc(Br)ccc3O)n2C)n(C)c1=O. The number of hydrazone groups is 1. The summed E-state index contributed by atoms with van der Waals surface area (Å²) in [5.74, 6) is 0.350. The van der Waals surface area contributed by atoms with Crippen LogP contribution in [0.4, 0.5) is 5.95 Å². The molecular weight excluding hydrogens is 416 g/mol. The van der Waals surface area contributed by atoms with Gasteiger partial charge in [0.05, 0.1) is 6.21 Å². The highest BCUT2D eigenvalue weighted by Crippen LogP contribution is 2.20. The molecule has 10 heteroatoms. The van der Waals surface area contributed by atoms with Crippen LogP contribution in [0, 0.1) is 0 Å². The van der Waals surface area contributed by atoms with Crippen molar-refractivity contribution in [1.82, 2.24) is 18.7 Å². The molecule has 1 aromatic carbocycles. The number of benzene rings is 1. The highest BCUT2D eigenvalue weighted by atomic mass is 79.9. The quantitative estimate of drug-likeness (QED) is 0.361. The summed E-state index contributed by atoms with van der Waals surface area (Å²) in [5.41, 5.74) is 2.82. The Morgan fingerprint density at radius 2 is 2.07 bits per heavy atom. The lowest BCUT2D eigenvalue weighted by Crippen LogP contribution is -2.39. The van der Waals surface area contributed by atoms with Crippen molar-refractivity contribution in [2.24, 2.45) is 19.2 Å². The summed E-state index contributed by atoms with van der Waals surface area (Å²) in [5, 5.41) is 13.9. The Labute approximate surface area is 162 Å². The zero-order valence-electron chi connectivity index (χ0n) is 14.7. The molecule has 0 radical (unpaired) electrons. The molecule has 27 heavy (non-hydrogen) atoms. The van der Waals surface area contributed by atoms with E-state index in [0.29, 0.717) is 5.56 Å². The lowest BCUT2D eigenvalue weighted by Gasteiger charge is -2.06. The van der Waals surface area contributed by atoms with Crippen LogP contribution in [0.3, 0.4) is 0 Å². The normalized spacial score (nSPS) is 11.4. The minimum Gasteiger partial charge on any atom is -0.507 e. The number of aryl methyl sites for hydroxylation is 2. The number of aromatic nitrogens is 4. The molecule has 0 aliphatic heterocycles. The van der Waals surface area contributed by atoms with Gasteiger partial charge in [-0.3, -0.25) is 13.9 Å². The Kier molecular flexibility index (Phi) is 5.00. The number of halogens is 1. The zero-order valence-corrected chi connectivity index (χ0v) is 16.3. The molecular formula is C17H17BrN6O3. The Balaban J connectivity index is 2.04. The number of aromatic hydroxyl groups is 1. The molecule has 140 valence electrons. The van der Waals surface area contributed by atoms with Crippen molar-refractivity contribution in [3.63, 3.8) is 0 Å². The number of hydrogen-bond acceptors (Lipinski definition) is 6. The number of hydrogen-bond donors (Lipinski definition) is 2. The van der Waals surface area contributed by atoms with Crippen molar-refractivity contribution in [3.8, 4) is 5.75 Å². The maximum atomic E-state index is 12.6. The van der Waals surface area contributed by atoms with E-state index in [4.69, 9.17) is 0 Å². The third-order valence-electron chi connectivity index (χ3n) is 4.03. The topological polar surface area (TPSA) is 106 Å². The molecule has 9 nitrogen and oxygen atoms in total. The minimum absolute atomic E-state index is 0.0726. The second-order valence-corrected chi connectivity index (χ2v) is 6.70. The number of allylic oxidation sites excluding steroid dienone is 1. The molecule has 0 aliphatic carbocycles. The van der Waals surface area contributed by atoms with E-state index in [-0.39, 0.29) is 29.4 Å². The maximum absolute atomic E-state index is 12.6. The predicted octanol–water partition coefficient (Wildman–Crippen LogP) is 1.53. The lowest BCUT2D eigenvalue weighted by molar-refractivity contribution is 0.474. The number of rotatable bonds is 5. The van der Waals surface area contributed by atoms with Gasteiger partial charge in [0.25, 0.3) is 5.56 Å². The minimum atomic E-state index is -0.473. The van der Waals surface area contributed by atoms with Gasteiger partial charge in [-0.1, -0.05) is 22.0 Å². The lowest BCUT2D eigenvalue weighted by atomic mass is 10.2. The Bertz CT molecular complexity index is 1190. The van der Waals surface area contributed by atoms with Crippen molar-refractivity contribution in [3.05, 3.63) is 61.7 Å². The summed E-state index contributed by atoms with van der Waals surface area (Å²) in [6.07, 6.45) is 2.91. The van der Waals surface area contributed by atoms with Crippen LogP contribution in [0.15, 0.2) is 50.0 Å². The van der Waals surface area contributed by atoms with Gasteiger partial charge in [0, 0.05) is 30.7 Å². The highest BCUT2D eigenvalue weighted by Gasteiger charge is 2.17. The monoisotopic (exact) mass is 432 g/mol. The molecule has 3 rings (SSSR count). The Morgan fingerprint density at radius 1 is 1.33 bits per heavy atom. The first-order valence-electron chi connectivity index (χ1n) is 7.90. The molecule has 0 saturated heterocycles. The van der Waals surface area contributed by atoms with Crippen molar-refractivity contribution < 1.29 is 5.11 Å². The van der Waals surface area contributed by atoms with Gasteiger partial charge in [-0.25, -0.2) is 10.2 Å². The van der Waals surface area contributed by atoms with Gasteiger partial charge in [0.1, 0.15) is 5.75 Å². The van der Waals surface area contributed by atoms with E-state index in [9.17, 15) is 14.7 Å². The fourth-order valence-corrected chi connectivity index (χ4v) is 3.00. The summed E-state index contributed by atoms with van der Waals surface area (Å²) in [7, 11) is 3.19. The first kappa shape index (κ1) is 18.6. The van der Waals surface area contributed by atoms with Crippen molar-refractivity contribution in [2.75, 3.05) is 5.43 Å². The van der Waals surface area contributed by atoms with E-state index in [1.807, 2.05) is 0 Å². The van der Waals surface area contributed by atoms with Crippen molar-refractivity contribution >= 4 is 39.3 Å². The Morgan fingerprint density at radius 3 is 2.78 bits per heavy atom. The third kappa shape index (κ3) is 3.31. The number of anilines is 1. The van der Waals surface area contributed by atoms with Gasteiger partial charge < -0.3 is 9.67 Å².